The average Bonchev–Trinajstić information content (AvgIpc) is 3.64. The van der Waals surface area contributed by atoms with Crippen molar-refractivity contribution in [2.45, 2.75) is 97.9 Å². The van der Waals surface area contributed by atoms with Gasteiger partial charge in [-0.15, -0.1) is 0 Å². The van der Waals surface area contributed by atoms with E-state index >= 15 is 0 Å². The predicted molar refractivity (Wildman–Crippen MR) is 177 cm³/mol. The molecule has 0 radical (unpaired) electrons. The zero-order chi connectivity index (χ0) is 31.9. The number of aryl methyl sites for hydroxylation is 2. The first kappa shape index (κ1) is 31.4. The molecule has 0 spiro atoms. The molecule has 0 aliphatic carbocycles. The molecule has 0 fully saturated rings. The van der Waals surface area contributed by atoms with Crippen LogP contribution in [0.1, 0.15) is 107 Å². The number of aromatic amines is 2. The van der Waals surface area contributed by atoms with E-state index in [9.17, 15) is 14.7 Å². The summed E-state index contributed by atoms with van der Waals surface area (Å²) in [6, 6.07) is 12.0. The maximum Gasteiger partial charge on any atom is 0.303 e. The highest BCUT2D eigenvalue weighted by molar-refractivity contribution is 5.93. The summed E-state index contributed by atoms with van der Waals surface area (Å²) in [7, 11) is 0. The maximum atomic E-state index is 13.2. The van der Waals surface area contributed by atoms with Crippen molar-refractivity contribution in [1.82, 2.24) is 19.9 Å². The fraction of sp³-hybridized carbons (Fsp3) is 0.444. The highest BCUT2D eigenvalue weighted by Crippen LogP contribution is 2.45. The van der Waals surface area contributed by atoms with Gasteiger partial charge in [0.15, 0.2) is 0 Å². The van der Waals surface area contributed by atoms with Crippen LogP contribution in [-0.2, 0) is 15.0 Å². The number of ketones is 1. The van der Waals surface area contributed by atoms with E-state index < -0.39 is 12.0 Å². The average molecular weight is 596 g/mol. The van der Waals surface area contributed by atoms with Crippen LogP contribution in [0.5, 0.6) is 0 Å². The Morgan fingerprint density at radius 1 is 0.932 bits per heavy atom. The maximum absolute atomic E-state index is 13.2. The number of nitrogens with one attached hydrogen (secondary N) is 2. The van der Waals surface area contributed by atoms with Crippen molar-refractivity contribution in [1.29, 1.82) is 0 Å². The van der Waals surface area contributed by atoms with E-state index in [0.717, 1.165) is 73.5 Å². The Balaban J connectivity index is 1.74. The van der Waals surface area contributed by atoms with Gasteiger partial charge in [0.2, 0.25) is 0 Å². The molecule has 3 aromatic heterocycles. The van der Waals surface area contributed by atoms with Crippen LogP contribution < -0.4 is 5.73 Å². The minimum absolute atomic E-state index is 0.0102. The van der Waals surface area contributed by atoms with Gasteiger partial charge in [0.05, 0.1) is 17.4 Å². The lowest BCUT2D eigenvalue weighted by atomic mass is 9.74. The molecule has 232 valence electrons. The van der Waals surface area contributed by atoms with Gasteiger partial charge in [0.1, 0.15) is 5.78 Å². The summed E-state index contributed by atoms with van der Waals surface area (Å²) in [6.45, 7) is 14.6. The number of carbonyl (C=O) groups excluding carboxylic acids is 1. The Morgan fingerprint density at radius 2 is 1.57 bits per heavy atom. The number of carbonyl (C=O) groups is 2. The molecule has 3 aromatic rings. The third-order valence-corrected chi connectivity index (χ3v) is 9.73. The summed E-state index contributed by atoms with van der Waals surface area (Å²) in [4.78, 5) is 42.1. The molecule has 8 bridgehead atoms. The molecule has 8 heteroatoms. The number of nitrogens with two attached hydrogens (primary N) is 1. The summed E-state index contributed by atoms with van der Waals surface area (Å²) in [5.74, 6) is -0.697. The van der Waals surface area contributed by atoms with Crippen LogP contribution in [0, 0.1) is 19.8 Å². The van der Waals surface area contributed by atoms with Gasteiger partial charge in [0, 0.05) is 57.6 Å². The van der Waals surface area contributed by atoms with Gasteiger partial charge in [-0.1, -0.05) is 34.1 Å². The van der Waals surface area contributed by atoms with Crippen molar-refractivity contribution >= 4 is 45.0 Å². The van der Waals surface area contributed by atoms with E-state index in [2.05, 4.69) is 68.9 Å². The summed E-state index contributed by atoms with van der Waals surface area (Å²) in [5.41, 5.74) is 17.3. The van der Waals surface area contributed by atoms with Crippen LogP contribution >= 0.6 is 0 Å². The Kier molecular flexibility index (Phi) is 8.67. The number of H-pyrrole nitrogens is 2. The number of nitrogens with zero attached hydrogens (tertiary/aromatic N) is 2. The molecule has 2 aliphatic rings. The van der Waals surface area contributed by atoms with Gasteiger partial charge in [-0.05, 0) is 98.2 Å². The van der Waals surface area contributed by atoms with Gasteiger partial charge in [-0.3, -0.25) is 14.6 Å². The number of hydrogen-bond acceptors (Lipinski definition) is 5. The van der Waals surface area contributed by atoms with Crippen LogP contribution in [0.25, 0.3) is 33.2 Å². The molecule has 5 N–H and O–H groups in total. The summed E-state index contributed by atoms with van der Waals surface area (Å²) in [6.07, 6.45) is 2.21. The number of aliphatic carboxylic acids is 1. The molecule has 8 nitrogen and oxygen atoms in total. The molecular weight excluding hydrogens is 550 g/mol. The van der Waals surface area contributed by atoms with E-state index in [1.165, 1.54) is 0 Å². The molecule has 44 heavy (non-hydrogen) atoms. The Labute approximate surface area is 259 Å². The van der Waals surface area contributed by atoms with Crippen molar-refractivity contribution < 1.29 is 14.7 Å². The third kappa shape index (κ3) is 6.13. The molecular formula is C36H45N5O3. The minimum atomic E-state index is -0.847. The van der Waals surface area contributed by atoms with Crippen LogP contribution in [0.4, 0.5) is 0 Å². The summed E-state index contributed by atoms with van der Waals surface area (Å²) in [5, 5.41) is 9.52. The van der Waals surface area contributed by atoms with Gasteiger partial charge >= 0.3 is 5.97 Å². The van der Waals surface area contributed by atoms with Crippen LogP contribution in [-0.4, -0.2) is 42.8 Å². The molecule has 0 unspecified atom stereocenters. The van der Waals surface area contributed by atoms with E-state index in [-0.39, 0.29) is 29.5 Å². The minimum Gasteiger partial charge on any atom is -0.481 e. The monoisotopic (exact) mass is 595 g/mol. The highest BCUT2D eigenvalue weighted by atomic mass is 16.4. The molecule has 3 atom stereocenters. The van der Waals surface area contributed by atoms with E-state index in [1.54, 1.807) is 0 Å². The van der Waals surface area contributed by atoms with Crippen LogP contribution in [0.3, 0.4) is 0 Å². The summed E-state index contributed by atoms with van der Waals surface area (Å²) < 4.78 is 0. The fourth-order valence-corrected chi connectivity index (χ4v) is 6.47. The van der Waals surface area contributed by atoms with Gasteiger partial charge in [-0.25, -0.2) is 4.98 Å². The number of carboxylic acid groups (broad SMARTS) is 1. The van der Waals surface area contributed by atoms with E-state index in [1.807, 2.05) is 26.0 Å². The molecule has 5 heterocycles. The van der Waals surface area contributed by atoms with Crippen LogP contribution in [0.15, 0.2) is 36.4 Å². The second kappa shape index (κ2) is 12.2. The SMILES string of the molecule is CC[C@@H](C)[C@H](N)C(=O)CC[C@H]1c2cc3nc(cc4cc(C)c(cc5cc(C)c(cc(n2)C1(C)C)[nH]5)[nH]4)C(C)=C3CCC(=O)O. The molecule has 2 aliphatic heterocycles. The van der Waals surface area contributed by atoms with Crippen molar-refractivity contribution in [3.63, 3.8) is 0 Å². The van der Waals surface area contributed by atoms with Crippen molar-refractivity contribution in [2.75, 3.05) is 0 Å². The molecule has 0 saturated heterocycles. The second-order valence-corrected chi connectivity index (χ2v) is 13.2. The predicted octanol–water partition coefficient (Wildman–Crippen LogP) is 7.51. The lowest BCUT2D eigenvalue weighted by Gasteiger charge is -2.28. The molecule has 0 saturated carbocycles. The number of hydrogen-bond donors (Lipinski definition) is 4. The molecule has 5 rings (SSSR count). The summed E-state index contributed by atoms with van der Waals surface area (Å²) >= 11 is 0. The van der Waals surface area contributed by atoms with Crippen molar-refractivity contribution in [3.05, 3.63) is 70.3 Å². The number of rotatable bonds is 9. The Bertz CT molecular complexity index is 1810. The Hall–Kier alpha value is -4.04. The first-order valence-corrected chi connectivity index (χ1v) is 15.7. The molecule has 0 aromatic carbocycles. The lowest BCUT2D eigenvalue weighted by Crippen LogP contribution is -2.37. The number of Topliss-reactive ketones (excluding diaryl/α,β-unsaturated/α-hetero) is 1. The zero-order valence-corrected chi connectivity index (χ0v) is 27.0. The Morgan fingerprint density at radius 3 is 2.20 bits per heavy atom. The zero-order valence-electron chi connectivity index (χ0n) is 27.0. The normalized spacial score (nSPS) is 17.5. The van der Waals surface area contributed by atoms with Crippen LogP contribution in [0.2, 0.25) is 0 Å². The third-order valence-electron chi connectivity index (χ3n) is 9.73. The first-order chi connectivity index (χ1) is 20.8. The van der Waals surface area contributed by atoms with Crippen molar-refractivity contribution in [2.24, 2.45) is 11.7 Å². The number of carboxylic acids is 1. The fourth-order valence-electron chi connectivity index (χ4n) is 6.47. The smallest absolute Gasteiger partial charge is 0.303 e. The first-order valence-electron chi connectivity index (χ1n) is 15.7. The molecule has 0 amide bonds. The second-order valence-electron chi connectivity index (χ2n) is 13.2. The van der Waals surface area contributed by atoms with Gasteiger partial charge in [0.25, 0.3) is 0 Å². The van der Waals surface area contributed by atoms with E-state index in [4.69, 9.17) is 15.7 Å². The standard InChI is InChI=1S/C36H45N5O3/c1-8-19(2)35(37)32(42)11-10-26-31-17-30-25(9-12-34(43)44)22(5)29(40-30)16-24-13-20(3)27(38-24)15-23-14-21(4)28(39-23)18-33(41-31)36(26,6)7/h13-19,26,35,38-39H,8-12,37H2,1-7H3,(H,43,44)/t19-,26+,35+/m1/s1. The largest absolute Gasteiger partial charge is 0.481 e. The lowest BCUT2D eigenvalue weighted by molar-refractivity contribution is -0.136. The van der Waals surface area contributed by atoms with Crippen molar-refractivity contribution in [3.8, 4) is 0 Å². The van der Waals surface area contributed by atoms with E-state index in [0.29, 0.717) is 19.3 Å². The highest BCUT2D eigenvalue weighted by Gasteiger charge is 2.40. The topological polar surface area (TPSA) is 138 Å². The van der Waals surface area contributed by atoms with Gasteiger partial charge < -0.3 is 20.8 Å². The number of fused-ring (bicyclic) bond motifs is 8. The quantitative estimate of drug-likeness (QED) is 0.202. The number of allylic oxidation sites excluding steroid dienone is 2. The van der Waals surface area contributed by atoms with Gasteiger partial charge in [-0.2, -0.15) is 0 Å². The number of aromatic nitrogens is 4.